The lowest BCUT2D eigenvalue weighted by molar-refractivity contribution is -0.137. The van der Waals surface area contributed by atoms with Crippen molar-refractivity contribution in [3.63, 3.8) is 0 Å². The van der Waals surface area contributed by atoms with Crippen molar-refractivity contribution in [1.82, 2.24) is 4.90 Å². The molecule has 1 atom stereocenters. The van der Waals surface area contributed by atoms with Crippen LogP contribution in [0.25, 0.3) is 0 Å². The maximum atomic E-state index is 12.9. The van der Waals surface area contributed by atoms with Gasteiger partial charge in [0.1, 0.15) is 5.37 Å². The quantitative estimate of drug-likeness (QED) is 0.733. The summed E-state index contributed by atoms with van der Waals surface area (Å²) in [6.45, 7) is 0.620. The summed E-state index contributed by atoms with van der Waals surface area (Å²) in [6, 6.07) is 5.38. The molecule has 0 aromatic heterocycles. The number of amides is 1. The molecular weight excluding hydrogens is 335 g/mol. The molecule has 132 valence electrons. The van der Waals surface area contributed by atoms with Gasteiger partial charge in [0.25, 0.3) is 0 Å². The number of halogens is 3. The second kappa shape index (κ2) is 7.38. The van der Waals surface area contributed by atoms with Gasteiger partial charge >= 0.3 is 6.18 Å². The number of benzene rings is 1. The monoisotopic (exact) mass is 357 g/mol. The first-order valence-electron chi connectivity index (χ1n) is 8.53. The molecule has 0 N–H and O–H groups in total. The molecule has 1 heterocycles. The van der Waals surface area contributed by atoms with Crippen molar-refractivity contribution < 1.29 is 18.0 Å². The molecule has 0 unspecified atom stereocenters. The van der Waals surface area contributed by atoms with Gasteiger partial charge in [-0.15, -0.1) is 11.8 Å². The highest BCUT2D eigenvalue weighted by Gasteiger charge is 2.34. The van der Waals surface area contributed by atoms with E-state index in [9.17, 15) is 18.0 Å². The van der Waals surface area contributed by atoms with E-state index in [2.05, 4.69) is 0 Å². The minimum absolute atomic E-state index is 0.0781. The summed E-state index contributed by atoms with van der Waals surface area (Å²) in [6.07, 6.45) is 2.00. The van der Waals surface area contributed by atoms with Crippen LogP contribution in [-0.4, -0.2) is 23.1 Å². The summed E-state index contributed by atoms with van der Waals surface area (Å²) in [4.78, 5) is 14.3. The maximum Gasteiger partial charge on any atom is 0.416 e. The number of carbonyl (C=O) groups excluding carboxylic acids is 1. The van der Waals surface area contributed by atoms with E-state index in [0.717, 1.165) is 18.2 Å². The topological polar surface area (TPSA) is 20.3 Å². The lowest BCUT2D eigenvalue weighted by Gasteiger charge is -2.25. The molecule has 1 aromatic rings. The molecule has 2 nitrogen and oxygen atoms in total. The van der Waals surface area contributed by atoms with Crippen LogP contribution in [0, 0.1) is 5.92 Å². The van der Waals surface area contributed by atoms with Crippen LogP contribution in [0.15, 0.2) is 24.3 Å². The maximum absolute atomic E-state index is 12.9. The molecule has 1 aliphatic carbocycles. The Labute approximate surface area is 144 Å². The third-order valence-electron chi connectivity index (χ3n) is 4.95. The summed E-state index contributed by atoms with van der Waals surface area (Å²) in [5.74, 6) is 1.50. The third-order valence-corrected chi connectivity index (χ3v) is 6.21. The Balaban J connectivity index is 1.67. The van der Waals surface area contributed by atoms with E-state index in [0.29, 0.717) is 24.4 Å². The van der Waals surface area contributed by atoms with Crippen molar-refractivity contribution in [2.75, 3.05) is 12.3 Å². The van der Waals surface area contributed by atoms with E-state index < -0.39 is 11.7 Å². The molecule has 1 saturated heterocycles. The van der Waals surface area contributed by atoms with Gasteiger partial charge in [0, 0.05) is 18.7 Å². The summed E-state index contributed by atoms with van der Waals surface area (Å²) < 4.78 is 38.7. The van der Waals surface area contributed by atoms with Crippen molar-refractivity contribution in [3.8, 4) is 0 Å². The first-order chi connectivity index (χ1) is 11.4. The molecule has 24 heavy (non-hydrogen) atoms. The molecule has 2 fully saturated rings. The molecule has 1 saturated carbocycles. The van der Waals surface area contributed by atoms with Gasteiger partial charge in [0.2, 0.25) is 5.91 Å². The van der Waals surface area contributed by atoms with Crippen molar-refractivity contribution in [3.05, 3.63) is 35.4 Å². The predicted molar refractivity (Wildman–Crippen MR) is 89.5 cm³/mol. The lowest BCUT2D eigenvalue weighted by atomic mass is 10.0. The molecule has 0 radical (unpaired) electrons. The van der Waals surface area contributed by atoms with Gasteiger partial charge < -0.3 is 4.90 Å². The fourth-order valence-corrected chi connectivity index (χ4v) is 4.91. The van der Waals surface area contributed by atoms with Crippen LogP contribution in [0.1, 0.15) is 55.0 Å². The molecule has 1 aromatic carbocycles. The van der Waals surface area contributed by atoms with E-state index in [-0.39, 0.29) is 11.3 Å². The van der Waals surface area contributed by atoms with Crippen LogP contribution >= 0.6 is 11.8 Å². The van der Waals surface area contributed by atoms with Gasteiger partial charge in [-0.2, -0.15) is 13.2 Å². The minimum atomic E-state index is -4.35. The Morgan fingerprint density at radius 2 is 2.00 bits per heavy atom. The SMILES string of the molecule is O=C(CCC1CCCC1)N1CCS[C@H]1c1cccc(C(F)(F)F)c1. The van der Waals surface area contributed by atoms with Crippen molar-refractivity contribution >= 4 is 17.7 Å². The summed E-state index contributed by atoms with van der Waals surface area (Å²) in [5.41, 5.74) is -0.0765. The van der Waals surface area contributed by atoms with Crippen LogP contribution in [0.3, 0.4) is 0 Å². The van der Waals surface area contributed by atoms with Crippen LogP contribution < -0.4 is 0 Å². The van der Waals surface area contributed by atoms with E-state index in [1.54, 1.807) is 22.7 Å². The number of hydrogen-bond acceptors (Lipinski definition) is 2. The van der Waals surface area contributed by atoms with Crippen LogP contribution in [0.2, 0.25) is 0 Å². The fraction of sp³-hybridized carbons (Fsp3) is 0.611. The largest absolute Gasteiger partial charge is 0.416 e. The van der Waals surface area contributed by atoms with Gasteiger partial charge in [0.05, 0.1) is 5.56 Å². The highest BCUT2D eigenvalue weighted by molar-refractivity contribution is 7.99. The molecule has 1 aliphatic heterocycles. The zero-order valence-corrected chi connectivity index (χ0v) is 14.3. The van der Waals surface area contributed by atoms with Gasteiger partial charge in [-0.3, -0.25) is 4.79 Å². The first-order valence-corrected chi connectivity index (χ1v) is 9.58. The molecule has 2 aliphatic rings. The second-order valence-electron chi connectivity index (χ2n) is 6.62. The van der Waals surface area contributed by atoms with E-state index in [4.69, 9.17) is 0 Å². The third kappa shape index (κ3) is 4.08. The van der Waals surface area contributed by atoms with E-state index in [1.807, 2.05) is 0 Å². The summed E-state index contributed by atoms with van der Waals surface area (Å²) >= 11 is 1.55. The average Bonchev–Trinajstić information content (AvgIpc) is 3.23. The Kier molecular flexibility index (Phi) is 5.42. The van der Waals surface area contributed by atoms with Crippen LogP contribution in [-0.2, 0) is 11.0 Å². The number of thioether (sulfide) groups is 1. The van der Waals surface area contributed by atoms with Crippen molar-refractivity contribution in [2.24, 2.45) is 5.92 Å². The van der Waals surface area contributed by atoms with E-state index in [1.165, 1.54) is 37.8 Å². The molecule has 3 rings (SSSR count). The number of carbonyl (C=O) groups is 1. The van der Waals surface area contributed by atoms with Gasteiger partial charge in [-0.05, 0) is 30.0 Å². The Hall–Kier alpha value is -1.17. The van der Waals surface area contributed by atoms with Gasteiger partial charge in [-0.25, -0.2) is 0 Å². The molecule has 0 spiro atoms. The molecular formula is C18H22F3NOS. The smallest absolute Gasteiger partial charge is 0.326 e. The van der Waals surface area contributed by atoms with Crippen LogP contribution in [0.4, 0.5) is 13.2 Å². The van der Waals surface area contributed by atoms with E-state index >= 15 is 0 Å². The molecule has 6 heteroatoms. The zero-order valence-electron chi connectivity index (χ0n) is 13.5. The van der Waals surface area contributed by atoms with Crippen molar-refractivity contribution in [1.29, 1.82) is 0 Å². The average molecular weight is 357 g/mol. The number of alkyl halides is 3. The highest BCUT2D eigenvalue weighted by Crippen LogP contribution is 2.40. The Morgan fingerprint density at radius 1 is 1.25 bits per heavy atom. The van der Waals surface area contributed by atoms with Crippen LogP contribution in [0.5, 0.6) is 0 Å². The molecule has 0 bridgehead atoms. The lowest BCUT2D eigenvalue weighted by Crippen LogP contribution is -2.30. The molecule has 1 amide bonds. The number of nitrogens with zero attached hydrogens (tertiary/aromatic N) is 1. The Morgan fingerprint density at radius 3 is 2.71 bits per heavy atom. The highest BCUT2D eigenvalue weighted by atomic mass is 32.2. The van der Waals surface area contributed by atoms with Gasteiger partial charge in [-0.1, -0.05) is 37.8 Å². The summed E-state index contributed by atoms with van der Waals surface area (Å²) in [5, 5.41) is -0.289. The predicted octanol–water partition coefficient (Wildman–Crippen LogP) is 5.25. The van der Waals surface area contributed by atoms with Gasteiger partial charge in [0.15, 0.2) is 0 Å². The zero-order chi connectivity index (χ0) is 17.2. The number of rotatable bonds is 4. The number of hydrogen-bond donors (Lipinski definition) is 0. The summed E-state index contributed by atoms with van der Waals surface area (Å²) in [7, 11) is 0. The Bertz CT molecular complexity index is 584. The first kappa shape index (κ1) is 17.6. The normalized spacial score (nSPS) is 22.3. The van der Waals surface area contributed by atoms with Crippen molar-refractivity contribution in [2.45, 2.75) is 50.1 Å². The fourth-order valence-electron chi connectivity index (χ4n) is 3.64. The standard InChI is InChI=1S/C18H22F3NOS/c19-18(20,21)15-7-3-6-14(12-15)17-22(10-11-24-17)16(23)9-8-13-4-1-2-5-13/h3,6-7,12-13,17H,1-2,4-5,8-11H2/t17-/m0/s1. The minimum Gasteiger partial charge on any atom is -0.326 e. The second-order valence-corrected chi connectivity index (χ2v) is 7.81.